The van der Waals surface area contributed by atoms with Crippen molar-refractivity contribution in [2.45, 2.75) is 40.5 Å². The topological polar surface area (TPSA) is 75.3 Å². The fraction of sp³-hybridized carbons (Fsp3) is 0.471. The number of nitrogens with one attached hydrogen (secondary N) is 2. The van der Waals surface area contributed by atoms with Crippen molar-refractivity contribution in [2.75, 3.05) is 11.9 Å². The lowest BCUT2D eigenvalue weighted by Gasteiger charge is -2.22. The van der Waals surface area contributed by atoms with Crippen molar-refractivity contribution >= 4 is 23.3 Å². The van der Waals surface area contributed by atoms with Gasteiger partial charge >= 0.3 is 0 Å². The lowest BCUT2D eigenvalue weighted by Crippen LogP contribution is -2.45. The molecule has 5 heteroatoms. The van der Waals surface area contributed by atoms with Gasteiger partial charge in [0.05, 0.1) is 0 Å². The molecule has 0 saturated carbocycles. The molecule has 0 bridgehead atoms. The van der Waals surface area contributed by atoms with Crippen LogP contribution in [0.1, 0.15) is 50.9 Å². The molecular formula is C17H24N2O3. The van der Waals surface area contributed by atoms with E-state index < -0.39 is 5.41 Å². The van der Waals surface area contributed by atoms with E-state index in [2.05, 4.69) is 10.6 Å². The summed E-state index contributed by atoms with van der Waals surface area (Å²) in [5.74, 6) is -0.704. The van der Waals surface area contributed by atoms with Crippen LogP contribution in [-0.4, -0.2) is 24.1 Å². The van der Waals surface area contributed by atoms with Crippen LogP contribution < -0.4 is 10.6 Å². The summed E-state index contributed by atoms with van der Waals surface area (Å²) >= 11 is 0. The molecule has 0 atom stereocenters. The van der Waals surface area contributed by atoms with E-state index in [0.29, 0.717) is 17.8 Å². The van der Waals surface area contributed by atoms with Gasteiger partial charge in [-0.1, -0.05) is 13.3 Å². The van der Waals surface area contributed by atoms with Crippen molar-refractivity contribution in [3.63, 3.8) is 0 Å². The second-order valence-corrected chi connectivity index (χ2v) is 5.82. The maximum absolute atomic E-state index is 12.3. The minimum Gasteiger partial charge on any atom is -0.355 e. The molecule has 2 amide bonds. The van der Waals surface area contributed by atoms with E-state index in [9.17, 15) is 14.4 Å². The van der Waals surface area contributed by atoms with Gasteiger partial charge in [0.1, 0.15) is 5.41 Å². The van der Waals surface area contributed by atoms with E-state index in [-0.39, 0.29) is 17.6 Å². The molecule has 2 N–H and O–H groups in total. The first-order chi connectivity index (χ1) is 10.3. The third kappa shape index (κ3) is 4.69. The number of anilines is 1. The van der Waals surface area contributed by atoms with Crippen molar-refractivity contribution in [2.24, 2.45) is 5.41 Å². The molecule has 0 saturated heterocycles. The Kier molecular flexibility index (Phi) is 6.28. The minimum absolute atomic E-state index is 0.0338. The molecule has 1 aromatic carbocycles. The average molecular weight is 304 g/mol. The summed E-state index contributed by atoms with van der Waals surface area (Å²) < 4.78 is 0. The highest BCUT2D eigenvalue weighted by molar-refractivity contribution is 6.10. The highest BCUT2D eigenvalue weighted by Crippen LogP contribution is 2.19. The van der Waals surface area contributed by atoms with Crippen molar-refractivity contribution in [3.05, 3.63) is 29.8 Å². The largest absolute Gasteiger partial charge is 0.355 e. The van der Waals surface area contributed by atoms with E-state index in [0.717, 1.165) is 12.8 Å². The summed E-state index contributed by atoms with van der Waals surface area (Å²) in [4.78, 5) is 35.6. The van der Waals surface area contributed by atoms with Crippen LogP contribution in [-0.2, 0) is 9.59 Å². The standard InChI is InChI=1S/C17H24N2O3/c1-5-6-11-18-15(21)17(3,4)16(22)19-14-9-7-13(8-10-14)12(2)20/h7-10H,5-6,11H2,1-4H3,(H,18,21)(H,19,22). The number of benzene rings is 1. The van der Waals surface area contributed by atoms with E-state index in [1.54, 1.807) is 38.1 Å². The Morgan fingerprint density at radius 1 is 1.05 bits per heavy atom. The first-order valence-corrected chi connectivity index (χ1v) is 7.49. The second kappa shape index (κ2) is 7.73. The van der Waals surface area contributed by atoms with Crippen LogP contribution in [0.2, 0.25) is 0 Å². The molecule has 22 heavy (non-hydrogen) atoms. The molecule has 0 aliphatic carbocycles. The van der Waals surface area contributed by atoms with Crippen LogP contribution in [0.25, 0.3) is 0 Å². The predicted molar refractivity (Wildman–Crippen MR) is 86.8 cm³/mol. The minimum atomic E-state index is -1.16. The zero-order valence-corrected chi connectivity index (χ0v) is 13.7. The summed E-state index contributed by atoms with van der Waals surface area (Å²) in [5.41, 5.74) is -0.0218. The maximum Gasteiger partial charge on any atom is 0.239 e. The van der Waals surface area contributed by atoms with Crippen LogP contribution in [0, 0.1) is 5.41 Å². The van der Waals surface area contributed by atoms with Crippen LogP contribution in [0.3, 0.4) is 0 Å². The quantitative estimate of drug-likeness (QED) is 0.462. The van der Waals surface area contributed by atoms with Gasteiger partial charge in [0.15, 0.2) is 5.78 Å². The number of rotatable bonds is 7. The van der Waals surface area contributed by atoms with Crippen molar-refractivity contribution < 1.29 is 14.4 Å². The van der Waals surface area contributed by atoms with E-state index in [1.165, 1.54) is 6.92 Å². The average Bonchev–Trinajstić information content (AvgIpc) is 2.47. The van der Waals surface area contributed by atoms with E-state index in [4.69, 9.17) is 0 Å². The van der Waals surface area contributed by atoms with Gasteiger partial charge in [0.2, 0.25) is 11.8 Å². The van der Waals surface area contributed by atoms with Gasteiger partial charge in [-0.15, -0.1) is 0 Å². The lowest BCUT2D eigenvalue weighted by atomic mass is 9.91. The van der Waals surface area contributed by atoms with Gasteiger partial charge in [0, 0.05) is 17.8 Å². The number of hydrogen-bond donors (Lipinski definition) is 2. The zero-order valence-electron chi connectivity index (χ0n) is 13.7. The Labute approximate surface area is 131 Å². The Morgan fingerprint density at radius 2 is 1.64 bits per heavy atom. The van der Waals surface area contributed by atoms with Gasteiger partial charge in [-0.3, -0.25) is 14.4 Å². The number of unbranched alkanes of at least 4 members (excludes halogenated alkanes) is 1. The first-order valence-electron chi connectivity index (χ1n) is 7.49. The van der Waals surface area contributed by atoms with Crippen LogP contribution in [0.5, 0.6) is 0 Å². The second-order valence-electron chi connectivity index (χ2n) is 5.82. The molecule has 120 valence electrons. The van der Waals surface area contributed by atoms with Gasteiger partial charge in [-0.2, -0.15) is 0 Å². The molecule has 0 aliphatic rings. The fourth-order valence-electron chi connectivity index (χ4n) is 1.78. The molecule has 0 aromatic heterocycles. The Hall–Kier alpha value is -2.17. The highest BCUT2D eigenvalue weighted by Gasteiger charge is 2.35. The Balaban J connectivity index is 2.69. The molecule has 1 aromatic rings. The molecule has 0 radical (unpaired) electrons. The number of hydrogen-bond acceptors (Lipinski definition) is 3. The van der Waals surface area contributed by atoms with Gasteiger partial charge in [-0.05, 0) is 51.5 Å². The third-order valence-electron chi connectivity index (χ3n) is 3.50. The highest BCUT2D eigenvalue weighted by atomic mass is 16.2. The summed E-state index contributed by atoms with van der Waals surface area (Å²) in [7, 11) is 0. The molecule has 0 spiro atoms. The number of amides is 2. The van der Waals surface area contributed by atoms with Crippen molar-refractivity contribution in [1.82, 2.24) is 5.32 Å². The molecule has 0 fully saturated rings. The maximum atomic E-state index is 12.3. The summed E-state index contributed by atoms with van der Waals surface area (Å²) in [6.07, 6.45) is 1.87. The first kappa shape index (κ1) is 17.9. The number of carbonyl (C=O) groups excluding carboxylic acids is 3. The number of carbonyl (C=O) groups is 3. The van der Waals surface area contributed by atoms with Crippen LogP contribution in [0.4, 0.5) is 5.69 Å². The van der Waals surface area contributed by atoms with E-state index in [1.807, 2.05) is 6.92 Å². The van der Waals surface area contributed by atoms with Crippen molar-refractivity contribution in [1.29, 1.82) is 0 Å². The zero-order chi connectivity index (χ0) is 16.8. The van der Waals surface area contributed by atoms with Gasteiger partial charge in [-0.25, -0.2) is 0 Å². The Morgan fingerprint density at radius 3 is 2.14 bits per heavy atom. The smallest absolute Gasteiger partial charge is 0.239 e. The number of ketones is 1. The molecular weight excluding hydrogens is 280 g/mol. The molecule has 0 unspecified atom stereocenters. The summed E-state index contributed by atoms with van der Waals surface area (Å²) in [6, 6.07) is 6.60. The Bertz CT molecular complexity index is 548. The summed E-state index contributed by atoms with van der Waals surface area (Å²) in [6.45, 7) is 7.27. The molecule has 1 rings (SSSR count). The molecule has 0 heterocycles. The van der Waals surface area contributed by atoms with Gasteiger partial charge in [0.25, 0.3) is 0 Å². The van der Waals surface area contributed by atoms with Crippen molar-refractivity contribution in [3.8, 4) is 0 Å². The monoisotopic (exact) mass is 304 g/mol. The van der Waals surface area contributed by atoms with Crippen LogP contribution in [0.15, 0.2) is 24.3 Å². The normalized spacial score (nSPS) is 10.9. The summed E-state index contributed by atoms with van der Waals surface area (Å²) in [5, 5.41) is 5.48. The molecule has 0 aliphatic heterocycles. The fourth-order valence-corrected chi connectivity index (χ4v) is 1.78. The number of Topliss-reactive ketones (excluding diaryl/α,β-unsaturated/α-hetero) is 1. The SMILES string of the molecule is CCCCNC(=O)C(C)(C)C(=O)Nc1ccc(C(C)=O)cc1. The van der Waals surface area contributed by atoms with Gasteiger partial charge < -0.3 is 10.6 Å². The van der Waals surface area contributed by atoms with E-state index >= 15 is 0 Å². The predicted octanol–water partition coefficient (Wildman–Crippen LogP) is 2.77. The van der Waals surface area contributed by atoms with Crippen LogP contribution >= 0.6 is 0 Å². The lowest BCUT2D eigenvalue weighted by molar-refractivity contribution is -0.138. The third-order valence-corrected chi connectivity index (χ3v) is 3.50. The molecule has 5 nitrogen and oxygen atoms in total.